The number of aromatic amines is 1. The van der Waals surface area contributed by atoms with E-state index in [4.69, 9.17) is 14.7 Å². The maximum Gasteiger partial charge on any atom is 0.128 e. The molecule has 1 N–H and O–H groups in total. The number of H-pyrrole nitrogens is 1. The first kappa shape index (κ1) is 23.4. The molecule has 0 saturated carbocycles. The Morgan fingerprint density at radius 1 is 1.06 bits per heavy atom. The van der Waals surface area contributed by atoms with Crippen molar-refractivity contribution in [3.8, 4) is 17.0 Å². The third-order valence-electron chi connectivity index (χ3n) is 7.40. The van der Waals surface area contributed by atoms with Crippen LogP contribution in [0.1, 0.15) is 62.2 Å². The lowest BCUT2D eigenvalue weighted by Gasteiger charge is -2.42. The second-order valence-corrected chi connectivity index (χ2v) is 9.57. The summed E-state index contributed by atoms with van der Waals surface area (Å²) in [6, 6.07) is 19.1. The molecule has 0 radical (unpaired) electrons. The summed E-state index contributed by atoms with van der Waals surface area (Å²) in [5.74, 6) is 3.48. The maximum absolute atomic E-state index is 5.62. The van der Waals surface area contributed by atoms with Gasteiger partial charge in [-0.2, -0.15) is 0 Å². The number of nitrogens with one attached hydrogen (secondary N) is 1. The normalized spacial score (nSPS) is 17.7. The van der Waals surface area contributed by atoms with Crippen LogP contribution < -0.4 is 4.74 Å². The summed E-state index contributed by atoms with van der Waals surface area (Å²) in [6.07, 6.45) is 6.11. The van der Waals surface area contributed by atoms with Gasteiger partial charge in [-0.1, -0.05) is 62.7 Å². The van der Waals surface area contributed by atoms with Gasteiger partial charge in [-0.15, -0.1) is 0 Å². The lowest BCUT2D eigenvalue weighted by molar-refractivity contribution is 0.0666. The minimum absolute atomic E-state index is 0.214. The van der Waals surface area contributed by atoms with Crippen LogP contribution in [0.15, 0.2) is 67.0 Å². The second-order valence-electron chi connectivity index (χ2n) is 9.57. The van der Waals surface area contributed by atoms with Gasteiger partial charge < -0.3 is 14.3 Å². The highest BCUT2D eigenvalue weighted by molar-refractivity contribution is 5.66. The topological polar surface area (TPSA) is 59.0 Å². The highest BCUT2D eigenvalue weighted by atomic mass is 16.5. The molecule has 1 aliphatic rings. The third kappa shape index (κ3) is 4.63. The van der Waals surface area contributed by atoms with Crippen LogP contribution in [0.3, 0.4) is 0 Å². The third-order valence-corrected chi connectivity index (χ3v) is 7.40. The van der Waals surface area contributed by atoms with E-state index < -0.39 is 0 Å². The Morgan fingerprint density at radius 2 is 1.83 bits per heavy atom. The Kier molecular flexibility index (Phi) is 6.73. The first-order chi connectivity index (χ1) is 17.1. The fourth-order valence-electron chi connectivity index (χ4n) is 5.23. The van der Waals surface area contributed by atoms with Crippen molar-refractivity contribution in [3.63, 3.8) is 0 Å². The number of benzene rings is 2. The molecule has 4 aromatic rings. The molecule has 3 unspecified atom stereocenters. The number of rotatable bonds is 8. The fourth-order valence-corrected chi connectivity index (χ4v) is 5.23. The number of nitrogens with zero attached hydrogens (tertiary/aromatic N) is 4. The molecule has 0 bridgehead atoms. The van der Waals surface area contributed by atoms with Crippen molar-refractivity contribution in [2.24, 2.45) is 5.92 Å². The first-order valence-corrected chi connectivity index (χ1v) is 12.6. The van der Waals surface area contributed by atoms with Gasteiger partial charge in [0.25, 0.3) is 0 Å². The van der Waals surface area contributed by atoms with Crippen molar-refractivity contribution < 1.29 is 4.74 Å². The average molecular weight is 470 g/mol. The molecule has 6 nitrogen and oxygen atoms in total. The molecule has 0 aliphatic carbocycles. The van der Waals surface area contributed by atoms with Crippen molar-refractivity contribution in [2.45, 2.75) is 52.2 Å². The maximum atomic E-state index is 5.62. The van der Waals surface area contributed by atoms with Crippen molar-refractivity contribution in [3.05, 3.63) is 89.9 Å². The largest absolute Gasteiger partial charge is 0.496 e. The Morgan fingerprint density at radius 3 is 2.60 bits per heavy atom. The molecule has 2 aromatic heterocycles. The van der Waals surface area contributed by atoms with Gasteiger partial charge in [-0.05, 0) is 30.5 Å². The van der Waals surface area contributed by atoms with Gasteiger partial charge in [0, 0.05) is 43.5 Å². The number of hydrogen-bond donors (Lipinski definition) is 1. The molecule has 0 amide bonds. The number of hydrogen-bond acceptors (Lipinski definition) is 4. The van der Waals surface area contributed by atoms with E-state index in [-0.39, 0.29) is 12.1 Å². The fraction of sp³-hybridized carbons (Fsp3) is 0.379. The van der Waals surface area contributed by atoms with E-state index in [0.717, 1.165) is 60.3 Å². The zero-order chi connectivity index (χ0) is 24.4. The molecule has 6 heteroatoms. The zero-order valence-corrected chi connectivity index (χ0v) is 21.1. The van der Waals surface area contributed by atoms with Crippen LogP contribution >= 0.6 is 0 Å². The molecule has 3 atom stereocenters. The molecule has 5 rings (SSSR count). The minimum atomic E-state index is 0.214. The molecular weight excluding hydrogens is 434 g/mol. The average Bonchev–Trinajstić information content (AvgIpc) is 3.55. The highest BCUT2D eigenvalue weighted by Crippen LogP contribution is 2.40. The molecule has 0 fully saturated rings. The number of fused-ring (bicyclic) bond motifs is 1. The van der Waals surface area contributed by atoms with Gasteiger partial charge in [-0.25, -0.2) is 9.97 Å². The molecule has 35 heavy (non-hydrogen) atoms. The lowest BCUT2D eigenvalue weighted by atomic mass is 9.93. The quantitative estimate of drug-likeness (QED) is 0.342. The van der Waals surface area contributed by atoms with Crippen LogP contribution in [0.4, 0.5) is 0 Å². The highest BCUT2D eigenvalue weighted by Gasteiger charge is 2.36. The van der Waals surface area contributed by atoms with Crippen LogP contribution in [-0.4, -0.2) is 38.1 Å². The van der Waals surface area contributed by atoms with E-state index in [1.165, 1.54) is 5.56 Å². The minimum Gasteiger partial charge on any atom is -0.496 e. The van der Waals surface area contributed by atoms with Gasteiger partial charge in [-0.3, -0.25) is 4.90 Å². The summed E-state index contributed by atoms with van der Waals surface area (Å²) in [5.41, 5.74) is 4.45. The summed E-state index contributed by atoms with van der Waals surface area (Å²) in [4.78, 5) is 16.1. The summed E-state index contributed by atoms with van der Waals surface area (Å²) in [6.45, 7) is 8.78. The van der Waals surface area contributed by atoms with Crippen molar-refractivity contribution in [2.75, 3.05) is 13.7 Å². The zero-order valence-electron chi connectivity index (χ0n) is 21.1. The van der Waals surface area contributed by atoms with Crippen LogP contribution in [0.25, 0.3) is 11.3 Å². The number of ether oxygens (including phenoxy) is 1. The molecular formula is C29H35N5O. The Hall–Kier alpha value is -3.38. The molecule has 2 aromatic carbocycles. The van der Waals surface area contributed by atoms with Crippen LogP contribution in [0, 0.1) is 5.92 Å². The van der Waals surface area contributed by atoms with Crippen molar-refractivity contribution in [1.82, 2.24) is 24.4 Å². The van der Waals surface area contributed by atoms with Gasteiger partial charge in [0.15, 0.2) is 0 Å². The van der Waals surface area contributed by atoms with Gasteiger partial charge >= 0.3 is 0 Å². The van der Waals surface area contributed by atoms with Crippen LogP contribution in [0.2, 0.25) is 0 Å². The SMILES string of the molecule is CCC(C)C1c2nc(-c3ccccc3OC)cn2CCN1C(C)c1cnc(Cc2ccccc2)[nH]1. The number of aromatic nitrogens is 4. The van der Waals surface area contributed by atoms with E-state index >= 15 is 0 Å². The smallest absolute Gasteiger partial charge is 0.128 e. The molecule has 0 saturated heterocycles. The van der Waals surface area contributed by atoms with E-state index in [1.807, 2.05) is 30.5 Å². The number of imidazole rings is 2. The van der Waals surface area contributed by atoms with Crippen molar-refractivity contribution in [1.29, 1.82) is 0 Å². The summed E-state index contributed by atoms with van der Waals surface area (Å²) in [5, 5.41) is 0. The molecule has 3 heterocycles. The monoisotopic (exact) mass is 469 g/mol. The van der Waals surface area contributed by atoms with Crippen LogP contribution in [-0.2, 0) is 13.0 Å². The summed E-state index contributed by atoms with van der Waals surface area (Å²) in [7, 11) is 1.72. The van der Waals surface area contributed by atoms with Gasteiger partial charge in [0.2, 0.25) is 0 Å². The standard InChI is InChI=1S/C29H35N5O/c1-5-20(2)28-29-32-25(23-13-9-10-14-26(23)35-4)19-33(29)15-16-34(28)21(3)24-18-30-27(31-24)17-22-11-7-6-8-12-22/h6-14,18-21,28H,5,15-17H2,1-4H3,(H,30,31). The molecule has 1 aliphatic heterocycles. The predicted octanol–water partition coefficient (Wildman–Crippen LogP) is 6.04. The lowest BCUT2D eigenvalue weighted by Crippen LogP contribution is -2.42. The number of para-hydroxylation sites is 1. The molecule has 182 valence electrons. The Labute approximate surface area is 208 Å². The second kappa shape index (κ2) is 10.1. The van der Waals surface area contributed by atoms with E-state index in [0.29, 0.717) is 5.92 Å². The van der Waals surface area contributed by atoms with Gasteiger partial charge in [0.05, 0.1) is 24.5 Å². The summed E-state index contributed by atoms with van der Waals surface area (Å²) < 4.78 is 7.96. The van der Waals surface area contributed by atoms with E-state index in [1.54, 1.807) is 7.11 Å². The van der Waals surface area contributed by atoms with Gasteiger partial charge in [0.1, 0.15) is 17.4 Å². The predicted molar refractivity (Wildman–Crippen MR) is 139 cm³/mol. The summed E-state index contributed by atoms with van der Waals surface area (Å²) >= 11 is 0. The van der Waals surface area contributed by atoms with E-state index in [9.17, 15) is 0 Å². The van der Waals surface area contributed by atoms with Crippen molar-refractivity contribution >= 4 is 0 Å². The number of methoxy groups -OCH3 is 1. The van der Waals surface area contributed by atoms with E-state index in [2.05, 4.69) is 71.8 Å². The Bertz CT molecular complexity index is 1260. The Balaban J connectivity index is 1.43. The van der Waals surface area contributed by atoms with Crippen LogP contribution in [0.5, 0.6) is 5.75 Å². The first-order valence-electron chi connectivity index (χ1n) is 12.6. The molecule has 0 spiro atoms.